The van der Waals surface area contributed by atoms with Gasteiger partial charge in [0.25, 0.3) is 0 Å². The van der Waals surface area contributed by atoms with Gasteiger partial charge in [-0.05, 0) is 35.1 Å². The van der Waals surface area contributed by atoms with Crippen molar-refractivity contribution in [2.75, 3.05) is 5.75 Å². The summed E-state index contributed by atoms with van der Waals surface area (Å²) in [6, 6.07) is 6.47. The molecule has 0 fully saturated rings. The van der Waals surface area contributed by atoms with Gasteiger partial charge in [0, 0.05) is 43.5 Å². The Balaban J connectivity index is 0.000000730. The van der Waals surface area contributed by atoms with Crippen molar-refractivity contribution in [3.63, 3.8) is 0 Å². The van der Waals surface area contributed by atoms with Gasteiger partial charge >= 0.3 is 0 Å². The second-order valence-corrected chi connectivity index (χ2v) is 6.41. The van der Waals surface area contributed by atoms with E-state index in [4.69, 9.17) is 0 Å². The number of pyridine rings is 2. The van der Waals surface area contributed by atoms with Crippen LogP contribution in [0, 0.1) is 0 Å². The predicted octanol–water partition coefficient (Wildman–Crippen LogP) is 4.53. The molecule has 0 spiro atoms. The van der Waals surface area contributed by atoms with E-state index in [1.165, 1.54) is 21.7 Å². The number of aromatic nitrogens is 2. The summed E-state index contributed by atoms with van der Waals surface area (Å²) in [5.74, 6) is 1.08. The molecule has 3 heterocycles. The van der Waals surface area contributed by atoms with Gasteiger partial charge in [-0.2, -0.15) is 0 Å². The number of fused-ring (bicyclic) bond motifs is 1. The molecule has 0 bridgehead atoms. The van der Waals surface area contributed by atoms with Crippen molar-refractivity contribution in [1.82, 2.24) is 20.6 Å². The van der Waals surface area contributed by atoms with Gasteiger partial charge in [-0.1, -0.05) is 34.6 Å². The molecule has 25 heavy (non-hydrogen) atoms. The Morgan fingerprint density at radius 3 is 2.52 bits per heavy atom. The molecule has 0 unspecified atom stereocenters. The minimum Gasteiger partial charge on any atom is -0.307 e. The zero-order valence-corrected chi connectivity index (χ0v) is 17.0. The predicted molar refractivity (Wildman–Crippen MR) is 109 cm³/mol. The molecule has 0 saturated carbocycles. The Kier molecular flexibility index (Phi) is 11.1. The number of hydrogen-bond acceptors (Lipinski definition) is 5. The molecule has 5 heteroatoms. The van der Waals surface area contributed by atoms with Crippen molar-refractivity contribution < 1.29 is 0 Å². The molecule has 0 aromatic carbocycles. The minimum atomic E-state index is 0.784. The lowest BCUT2D eigenvalue weighted by Crippen LogP contribution is -2.14. The van der Waals surface area contributed by atoms with Crippen LogP contribution < -0.4 is 10.6 Å². The van der Waals surface area contributed by atoms with Gasteiger partial charge in [-0.25, -0.2) is 0 Å². The summed E-state index contributed by atoms with van der Waals surface area (Å²) >= 11 is 1.82. The second-order valence-electron chi connectivity index (χ2n) is 5.07. The smallest absolute Gasteiger partial charge is 0.0586 e. The van der Waals surface area contributed by atoms with Crippen LogP contribution in [0.25, 0.3) is 0 Å². The highest BCUT2D eigenvalue weighted by Crippen LogP contribution is 2.16. The SMILES string of the molecule is CC.CC.CCSc1ccc(CNCc2cnc3c(c2)CNC3)nc1. The lowest BCUT2D eigenvalue weighted by atomic mass is 10.1. The van der Waals surface area contributed by atoms with Gasteiger partial charge in [0.1, 0.15) is 0 Å². The third-order valence-corrected chi connectivity index (χ3v) is 4.33. The first-order valence-electron chi connectivity index (χ1n) is 9.31. The van der Waals surface area contributed by atoms with Crippen molar-refractivity contribution in [3.05, 3.63) is 53.1 Å². The highest BCUT2D eigenvalue weighted by Gasteiger charge is 2.11. The third-order valence-electron chi connectivity index (χ3n) is 3.47. The first-order valence-corrected chi connectivity index (χ1v) is 10.3. The molecule has 0 radical (unpaired) electrons. The molecule has 3 rings (SSSR count). The van der Waals surface area contributed by atoms with Crippen LogP contribution in [0.2, 0.25) is 0 Å². The molecular weight excluding hydrogens is 328 g/mol. The standard InChI is InChI=1S/C16H20N4S.2C2H6/c1-2-21-15-4-3-14(19-10-15)9-17-6-12-5-13-8-18-11-16(13)20-7-12;2*1-2/h3-5,7,10,17-18H,2,6,8-9,11H2,1H3;2*1-2H3. The average Bonchev–Trinajstić information content (AvgIpc) is 3.15. The van der Waals surface area contributed by atoms with Crippen LogP contribution in [-0.4, -0.2) is 15.7 Å². The fourth-order valence-corrected chi connectivity index (χ4v) is 3.04. The van der Waals surface area contributed by atoms with Crippen molar-refractivity contribution in [1.29, 1.82) is 0 Å². The summed E-state index contributed by atoms with van der Waals surface area (Å²) in [6.07, 6.45) is 3.92. The first-order chi connectivity index (χ1) is 12.3. The van der Waals surface area contributed by atoms with E-state index in [-0.39, 0.29) is 0 Å². The molecule has 2 aromatic heterocycles. The zero-order valence-electron chi connectivity index (χ0n) is 16.2. The highest BCUT2D eigenvalue weighted by atomic mass is 32.2. The number of thioether (sulfide) groups is 1. The van der Waals surface area contributed by atoms with Gasteiger partial charge in [0.15, 0.2) is 0 Å². The van der Waals surface area contributed by atoms with Crippen LogP contribution in [-0.2, 0) is 26.2 Å². The van der Waals surface area contributed by atoms with Gasteiger partial charge in [0.2, 0.25) is 0 Å². The molecule has 2 N–H and O–H groups in total. The molecule has 1 aliphatic heterocycles. The van der Waals surface area contributed by atoms with Crippen molar-refractivity contribution in [2.24, 2.45) is 0 Å². The molecule has 0 aliphatic carbocycles. The minimum absolute atomic E-state index is 0.784. The lowest BCUT2D eigenvalue weighted by Gasteiger charge is -2.06. The molecule has 0 atom stereocenters. The molecule has 0 saturated heterocycles. The van der Waals surface area contributed by atoms with Crippen LogP contribution >= 0.6 is 11.8 Å². The first kappa shape index (κ1) is 21.6. The Hall–Kier alpha value is -1.43. The van der Waals surface area contributed by atoms with Crippen molar-refractivity contribution in [3.8, 4) is 0 Å². The summed E-state index contributed by atoms with van der Waals surface area (Å²) in [4.78, 5) is 10.2. The number of hydrogen-bond donors (Lipinski definition) is 2. The van der Waals surface area contributed by atoms with Crippen LogP contribution in [0.15, 0.2) is 35.5 Å². The third kappa shape index (κ3) is 7.14. The zero-order chi connectivity index (χ0) is 18.5. The van der Waals surface area contributed by atoms with Crippen LogP contribution in [0.5, 0.6) is 0 Å². The largest absolute Gasteiger partial charge is 0.307 e. The van der Waals surface area contributed by atoms with Gasteiger partial charge in [0.05, 0.1) is 11.4 Å². The normalized spacial score (nSPS) is 11.7. The fraction of sp³-hybridized carbons (Fsp3) is 0.500. The molecule has 2 aromatic rings. The Labute approximate surface area is 157 Å². The van der Waals surface area contributed by atoms with E-state index in [0.717, 1.165) is 37.6 Å². The van der Waals surface area contributed by atoms with E-state index in [0.29, 0.717) is 0 Å². The van der Waals surface area contributed by atoms with Crippen LogP contribution in [0.3, 0.4) is 0 Å². The van der Waals surface area contributed by atoms with Crippen LogP contribution in [0.4, 0.5) is 0 Å². The van der Waals surface area contributed by atoms with Crippen molar-refractivity contribution >= 4 is 11.8 Å². The van der Waals surface area contributed by atoms with Gasteiger partial charge < -0.3 is 10.6 Å². The Bertz CT molecular complexity index is 599. The summed E-state index contributed by atoms with van der Waals surface area (Å²) < 4.78 is 0. The topological polar surface area (TPSA) is 49.8 Å². The van der Waals surface area contributed by atoms with Gasteiger partial charge in [-0.3, -0.25) is 9.97 Å². The number of nitrogens with one attached hydrogen (secondary N) is 2. The summed E-state index contributed by atoms with van der Waals surface area (Å²) in [6.45, 7) is 13.6. The monoisotopic (exact) mass is 360 g/mol. The Morgan fingerprint density at radius 1 is 1.04 bits per heavy atom. The summed E-state index contributed by atoms with van der Waals surface area (Å²) in [7, 11) is 0. The molecular formula is C20H32N4S. The Morgan fingerprint density at radius 2 is 1.84 bits per heavy atom. The quantitative estimate of drug-likeness (QED) is 0.741. The number of rotatable bonds is 6. The maximum atomic E-state index is 4.50. The van der Waals surface area contributed by atoms with E-state index in [2.05, 4.69) is 45.7 Å². The molecule has 1 aliphatic rings. The highest BCUT2D eigenvalue weighted by molar-refractivity contribution is 7.99. The molecule has 4 nitrogen and oxygen atoms in total. The van der Waals surface area contributed by atoms with Gasteiger partial charge in [-0.15, -0.1) is 11.8 Å². The summed E-state index contributed by atoms with van der Waals surface area (Å²) in [5, 5.41) is 6.75. The maximum absolute atomic E-state index is 4.50. The van der Waals surface area contributed by atoms with Crippen LogP contribution in [0.1, 0.15) is 57.1 Å². The second kappa shape index (κ2) is 12.9. The lowest BCUT2D eigenvalue weighted by molar-refractivity contribution is 0.676. The molecule has 138 valence electrons. The summed E-state index contributed by atoms with van der Waals surface area (Å²) in [5.41, 5.74) is 4.82. The van der Waals surface area contributed by atoms with E-state index >= 15 is 0 Å². The number of nitrogens with zero attached hydrogens (tertiary/aromatic N) is 2. The van der Waals surface area contributed by atoms with E-state index < -0.39 is 0 Å². The fourth-order valence-electron chi connectivity index (χ4n) is 2.42. The van der Waals surface area contributed by atoms with Crippen molar-refractivity contribution in [2.45, 2.75) is 65.7 Å². The van der Waals surface area contributed by atoms with E-state index in [9.17, 15) is 0 Å². The maximum Gasteiger partial charge on any atom is 0.0586 e. The van der Waals surface area contributed by atoms with E-state index in [1.807, 2.05) is 51.9 Å². The molecule has 0 amide bonds. The van der Waals surface area contributed by atoms with E-state index in [1.54, 1.807) is 0 Å². The average molecular weight is 361 g/mol.